The van der Waals surface area contributed by atoms with Gasteiger partial charge in [0.25, 0.3) is 0 Å². The van der Waals surface area contributed by atoms with Crippen molar-refractivity contribution in [2.45, 2.75) is 39.2 Å². The minimum Gasteiger partial charge on any atom is -0.340 e. The molecule has 0 unspecified atom stereocenters. The molecule has 0 saturated carbocycles. The molecule has 0 heterocycles. The van der Waals surface area contributed by atoms with Crippen molar-refractivity contribution in [2.75, 3.05) is 11.9 Å². The number of carbonyl (C=O) groups is 1. The predicted octanol–water partition coefficient (Wildman–Crippen LogP) is 3.64. The molecule has 100 valence electrons. The van der Waals surface area contributed by atoms with Gasteiger partial charge in [0.05, 0.1) is 0 Å². The summed E-state index contributed by atoms with van der Waals surface area (Å²) in [7, 11) is 0. The van der Waals surface area contributed by atoms with Crippen molar-refractivity contribution >= 4 is 21.8 Å². The fourth-order valence-corrected chi connectivity index (χ4v) is 2.19. The summed E-state index contributed by atoms with van der Waals surface area (Å²) in [5, 5.41) is 0.947. The van der Waals surface area contributed by atoms with E-state index in [4.69, 9.17) is 0 Å². The first kappa shape index (κ1) is 15.2. The lowest BCUT2D eigenvalue weighted by molar-refractivity contribution is -0.132. The molecule has 2 nitrogen and oxygen atoms in total. The number of amides is 1. The van der Waals surface area contributed by atoms with Crippen molar-refractivity contribution in [3.05, 3.63) is 35.9 Å². The maximum Gasteiger partial charge on any atom is 0.223 e. The molecule has 0 bridgehead atoms. The summed E-state index contributed by atoms with van der Waals surface area (Å²) in [6.45, 7) is 5.00. The monoisotopic (exact) mass is 311 g/mol. The Hall–Kier alpha value is -0.830. The molecule has 0 aliphatic carbocycles. The minimum atomic E-state index is 0.259. The molecule has 1 aromatic rings. The van der Waals surface area contributed by atoms with E-state index in [2.05, 4.69) is 41.9 Å². The zero-order valence-corrected chi connectivity index (χ0v) is 12.8. The van der Waals surface area contributed by atoms with E-state index >= 15 is 0 Å². The van der Waals surface area contributed by atoms with E-state index in [1.165, 1.54) is 5.56 Å². The molecule has 18 heavy (non-hydrogen) atoms. The number of hydrogen-bond acceptors (Lipinski definition) is 1. The van der Waals surface area contributed by atoms with Crippen LogP contribution >= 0.6 is 15.9 Å². The zero-order valence-electron chi connectivity index (χ0n) is 11.2. The van der Waals surface area contributed by atoms with Crippen LogP contribution in [0.15, 0.2) is 30.3 Å². The molecule has 0 aliphatic heterocycles. The third kappa shape index (κ3) is 5.21. The van der Waals surface area contributed by atoms with Gasteiger partial charge >= 0.3 is 0 Å². The number of halogens is 1. The normalized spacial score (nSPS) is 10.7. The van der Waals surface area contributed by atoms with Crippen molar-refractivity contribution in [2.24, 2.45) is 0 Å². The van der Waals surface area contributed by atoms with Gasteiger partial charge in [0.15, 0.2) is 0 Å². The van der Waals surface area contributed by atoms with Crippen LogP contribution in [0.3, 0.4) is 0 Å². The number of nitrogens with zero attached hydrogens (tertiary/aromatic N) is 1. The zero-order chi connectivity index (χ0) is 13.4. The first-order valence-corrected chi connectivity index (χ1v) is 7.66. The van der Waals surface area contributed by atoms with Crippen molar-refractivity contribution < 1.29 is 4.79 Å². The topological polar surface area (TPSA) is 20.3 Å². The summed E-state index contributed by atoms with van der Waals surface area (Å²) in [4.78, 5) is 14.2. The van der Waals surface area contributed by atoms with Crippen LogP contribution in [0.4, 0.5) is 0 Å². The highest BCUT2D eigenvalue weighted by atomic mass is 79.9. The van der Waals surface area contributed by atoms with E-state index in [1.807, 2.05) is 23.1 Å². The molecule has 0 atom stereocenters. The third-order valence-corrected chi connectivity index (χ3v) is 3.51. The number of carbonyl (C=O) groups excluding carboxylic acids is 1. The van der Waals surface area contributed by atoms with Gasteiger partial charge in [-0.3, -0.25) is 4.79 Å². The lowest BCUT2D eigenvalue weighted by atomic mass is 10.1. The number of alkyl halides is 1. The van der Waals surface area contributed by atoms with E-state index in [-0.39, 0.29) is 11.9 Å². The molecule has 1 aromatic carbocycles. The Kier molecular flexibility index (Phi) is 7.02. The average Bonchev–Trinajstić information content (AvgIpc) is 2.37. The molecular weight excluding hydrogens is 290 g/mol. The van der Waals surface area contributed by atoms with E-state index in [9.17, 15) is 4.79 Å². The van der Waals surface area contributed by atoms with E-state index in [1.54, 1.807) is 0 Å². The van der Waals surface area contributed by atoms with Gasteiger partial charge in [0.1, 0.15) is 0 Å². The van der Waals surface area contributed by atoms with Crippen molar-refractivity contribution in [3.8, 4) is 0 Å². The van der Waals surface area contributed by atoms with Crippen LogP contribution in [0.1, 0.15) is 32.3 Å². The Bertz CT molecular complexity index is 351. The quantitative estimate of drug-likeness (QED) is 0.704. The van der Waals surface area contributed by atoms with Crippen LogP contribution in [0.25, 0.3) is 0 Å². The van der Waals surface area contributed by atoms with Crippen molar-refractivity contribution in [3.63, 3.8) is 0 Å². The van der Waals surface area contributed by atoms with Gasteiger partial charge in [-0.25, -0.2) is 0 Å². The van der Waals surface area contributed by atoms with Crippen LogP contribution in [0.5, 0.6) is 0 Å². The maximum absolute atomic E-state index is 12.2. The molecule has 0 aromatic heterocycles. The molecule has 1 rings (SSSR count). The summed E-state index contributed by atoms with van der Waals surface area (Å²) >= 11 is 3.41. The second kappa shape index (κ2) is 8.30. The van der Waals surface area contributed by atoms with Gasteiger partial charge < -0.3 is 4.90 Å². The van der Waals surface area contributed by atoms with Crippen LogP contribution in [-0.2, 0) is 11.2 Å². The van der Waals surface area contributed by atoms with Crippen molar-refractivity contribution in [1.82, 2.24) is 4.90 Å². The Morgan fingerprint density at radius 1 is 1.28 bits per heavy atom. The number of hydrogen-bond donors (Lipinski definition) is 0. The highest BCUT2D eigenvalue weighted by molar-refractivity contribution is 9.09. The summed E-state index contributed by atoms with van der Waals surface area (Å²) in [6, 6.07) is 10.5. The Morgan fingerprint density at radius 2 is 1.94 bits per heavy atom. The number of rotatable bonds is 7. The van der Waals surface area contributed by atoms with Gasteiger partial charge in [-0.2, -0.15) is 0 Å². The standard InChI is InChI=1S/C15H22BrNO/c1-13(2)17(12-6-11-16)15(18)10-9-14-7-4-3-5-8-14/h3-5,7-8,13H,6,9-12H2,1-2H3. The second-order valence-electron chi connectivity index (χ2n) is 4.71. The molecule has 1 amide bonds. The van der Waals surface area contributed by atoms with Crippen LogP contribution < -0.4 is 0 Å². The third-order valence-electron chi connectivity index (χ3n) is 2.95. The minimum absolute atomic E-state index is 0.259. The van der Waals surface area contributed by atoms with Gasteiger partial charge in [0.2, 0.25) is 5.91 Å². The van der Waals surface area contributed by atoms with E-state index < -0.39 is 0 Å². The summed E-state index contributed by atoms with van der Waals surface area (Å²) in [6.07, 6.45) is 2.44. The molecule has 0 saturated heterocycles. The predicted molar refractivity (Wildman–Crippen MR) is 80.0 cm³/mol. The highest BCUT2D eigenvalue weighted by Crippen LogP contribution is 2.08. The van der Waals surface area contributed by atoms with E-state index in [0.717, 1.165) is 24.7 Å². The van der Waals surface area contributed by atoms with Crippen molar-refractivity contribution in [1.29, 1.82) is 0 Å². The summed E-state index contributed by atoms with van der Waals surface area (Å²) in [5.74, 6) is 0.259. The Morgan fingerprint density at radius 3 is 2.50 bits per heavy atom. The molecule has 0 N–H and O–H groups in total. The van der Waals surface area contributed by atoms with Crippen LogP contribution in [-0.4, -0.2) is 28.7 Å². The largest absolute Gasteiger partial charge is 0.340 e. The van der Waals surface area contributed by atoms with Gasteiger partial charge in [-0.15, -0.1) is 0 Å². The second-order valence-corrected chi connectivity index (χ2v) is 5.50. The number of aryl methyl sites for hydroxylation is 1. The van der Waals surface area contributed by atoms with Gasteiger partial charge in [-0.05, 0) is 32.3 Å². The molecule has 0 radical (unpaired) electrons. The van der Waals surface area contributed by atoms with E-state index in [0.29, 0.717) is 6.42 Å². The smallest absolute Gasteiger partial charge is 0.223 e. The number of benzene rings is 1. The lowest BCUT2D eigenvalue weighted by Gasteiger charge is -2.26. The maximum atomic E-state index is 12.2. The van der Waals surface area contributed by atoms with Gasteiger partial charge in [-0.1, -0.05) is 46.3 Å². The van der Waals surface area contributed by atoms with Crippen LogP contribution in [0.2, 0.25) is 0 Å². The van der Waals surface area contributed by atoms with Gasteiger partial charge in [0, 0.05) is 24.3 Å². The Balaban J connectivity index is 2.46. The molecule has 0 spiro atoms. The summed E-state index contributed by atoms with van der Waals surface area (Å²) in [5.41, 5.74) is 1.23. The van der Waals surface area contributed by atoms with Crippen LogP contribution in [0, 0.1) is 0 Å². The molecule has 0 aliphatic rings. The fourth-order valence-electron chi connectivity index (χ4n) is 1.94. The average molecular weight is 312 g/mol. The lowest BCUT2D eigenvalue weighted by Crippen LogP contribution is -2.38. The Labute approximate surface area is 119 Å². The first-order chi connectivity index (χ1) is 8.65. The molecule has 3 heteroatoms. The SMILES string of the molecule is CC(C)N(CCCBr)C(=O)CCc1ccccc1. The highest BCUT2D eigenvalue weighted by Gasteiger charge is 2.15. The molecule has 0 fully saturated rings. The summed E-state index contributed by atoms with van der Waals surface area (Å²) < 4.78 is 0. The molecular formula is C15H22BrNO. The first-order valence-electron chi connectivity index (χ1n) is 6.54. The fraction of sp³-hybridized carbons (Fsp3) is 0.533.